The molecule has 0 saturated carbocycles. The average molecular weight is 533 g/mol. The van der Waals surface area contributed by atoms with Gasteiger partial charge in [0.05, 0.1) is 25.9 Å². The molecule has 0 aromatic carbocycles. The van der Waals surface area contributed by atoms with E-state index in [1.807, 2.05) is 0 Å². The second kappa shape index (κ2) is 11.9. The molecular formula is C23H44N2O8Si2. The Morgan fingerprint density at radius 2 is 1.57 bits per heavy atom. The van der Waals surface area contributed by atoms with Gasteiger partial charge in [-0.3, -0.25) is 14.3 Å². The number of nitrogens with one attached hydrogen (secondary N) is 1. The molecule has 1 aromatic rings. The van der Waals surface area contributed by atoms with Crippen molar-refractivity contribution >= 4 is 17.1 Å². The van der Waals surface area contributed by atoms with Crippen LogP contribution in [-0.4, -0.2) is 68.9 Å². The minimum atomic E-state index is -2.96. The van der Waals surface area contributed by atoms with Crippen LogP contribution in [0.15, 0.2) is 15.8 Å². The van der Waals surface area contributed by atoms with Crippen LogP contribution in [0.3, 0.4) is 0 Å². The summed E-state index contributed by atoms with van der Waals surface area (Å²) in [6, 6.07) is 0. The van der Waals surface area contributed by atoms with Gasteiger partial charge in [-0.1, -0.05) is 55.4 Å². The lowest BCUT2D eigenvalue weighted by atomic mass is 10.2. The molecule has 1 aliphatic heterocycles. The third-order valence-corrected chi connectivity index (χ3v) is 17.2. The molecule has 0 amide bonds. The first-order valence-electron chi connectivity index (χ1n) is 12.5. The van der Waals surface area contributed by atoms with Gasteiger partial charge in [0, 0.05) is 11.8 Å². The van der Waals surface area contributed by atoms with E-state index in [-0.39, 0.29) is 35.4 Å². The Balaban J connectivity index is 2.58. The van der Waals surface area contributed by atoms with E-state index in [0.717, 1.165) is 4.57 Å². The van der Waals surface area contributed by atoms with Crippen LogP contribution in [0, 0.1) is 6.92 Å². The summed E-state index contributed by atoms with van der Waals surface area (Å²) >= 11 is 0. The lowest BCUT2D eigenvalue weighted by Crippen LogP contribution is -2.66. The fourth-order valence-corrected chi connectivity index (χ4v) is 16.0. The second-order valence-electron chi connectivity index (χ2n) is 10.6. The number of aliphatic hydroxyl groups excluding tert-OH is 2. The Hall–Kier alpha value is -1.13. The molecular weight excluding hydrogens is 488 g/mol. The minimum absolute atomic E-state index is 0.0707. The SMILES string of the molecule is Cc1cn([C@@H](CO)O[C@@H]2CO[Si](C(C)C)(C(C)C)O[Si](C(C)C)(C(C)C)O[C@@H]2CO)c(=O)[nH]c1=O. The van der Waals surface area contributed by atoms with Crippen molar-refractivity contribution in [1.82, 2.24) is 9.55 Å². The van der Waals surface area contributed by atoms with Gasteiger partial charge in [-0.2, -0.15) is 0 Å². The summed E-state index contributed by atoms with van der Waals surface area (Å²) in [5.74, 6) is 0. The highest BCUT2D eigenvalue weighted by Gasteiger charge is 2.59. The molecule has 2 rings (SSSR count). The van der Waals surface area contributed by atoms with Gasteiger partial charge in [0.1, 0.15) is 6.10 Å². The maximum atomic E-state index is 12.5. The number of hydrogen-bond acceptors (Lipinski definition) is 8. The molecule has 202 valence electrons. The normalized spacial score (nSPS) is 23.6. The van der Waals surface area contributed by atoms with Crippen molar-refractivity contribution in [3.63, 3.8) is 0 Å². The summed E-state index contributed by atoms with van der Waals surface area (Å²) in [7, 11) is -5.79. The van der Waals surface area contributed by atoms with Crippen molar-refractivity contribution in [1.29, 1.82) is 0 Å². The fraction of sp³-hybridized carbons (Fsp3) is 0.826. The van der Waals surface area contributed by atoms with Crippen molar-refractivity contribution in [3.05, 3.63) is 32.6 Å². The van der Waals surface area contributed by atoms with E-state index in [1.165, 1.54) is 6.20 Å². The predicted octanol–water partition coefficient (Wildman–Crippen LogP) is 2.67. The van der Waals surface area contributed by atoms with Gasteiger partial charge in [-0.05, 0) is 29.1 Å². The molecule has 1 aliphatic rings. The summed E-state index contributed by atoms with van der Waals surface area (Å²) in [6.07, 6.45) is -1.32. The number of H-pyrrole nitrogens is 1. The molecule has 1 aromatic heterocycles. The van der Waals surface area contributed by atoms with E-state index in [9.17, 15) is 19.8 Å². The summed E-state index contributed by atoms with van der Waals surface area (Å²) in [6.45, 7) is 17.5. The lowest BCUT2D eigenvalue weighted by molar-refractivity contribution is -0.151. The molecule has 3 N–H and O–H groups in total. The Morgan fingerprint density at radius 1 is 1.03 bits per heavy atom. The topological polar surface area (TPSA) is 132 Å². The third kappa shape index (κ3) is 6.07. The standard InChI is InChI=1S/C23H44N2O8Si2/c1-14(2)34(15(3)4)30-13-20(19(11-26)32-35(33-34,16(5)6)17(7)8)31-21(12-27)25-10-18(9)22(28)24-23(25)29/h10,14-17,19-21,26-27H,11-13H2,1-9H3,(H,24,28,29)/t19-,20-,21-/m1/s1. The summed E-state index contributed by atoms with van der Waals surface area (Å²) in [5, 5.41) is 20.5. The lowest BCUT2D eigenvalue weighted by Gasteiger charge is -2.52. The fourth-order valence-electron chi connectivity index (χ4n) is 4.83. The van der Waals surface area contributed by atoms with Crippen LogP contribution in [0.2, 0.25) is 22.2 Å². The van der Waals surface area contributed by atoms with Crippen molar-refractivity contribution in [3.8, 4) is 0 Å². The Morgan fingerprint density at radius 3 is 2.03 bits per heavy atom. The molecule has 12 heteroatoms. The highest BCUT2D eigenvalue weighted by molar-refractivity contribution is 6.83. The molecule has 10 nitrogen and oxygen atoms in total. The highest BCUT2D eigenvalue weighted by Crippen LogP contribution is 2.46. The van der Waals surface area contributed by atoms with Crippen LogP contribution in [0.5, 0.6) is 0 Å². The molecule has 2 heterocycles. The Kier molecular flexibility index (Phi) is 10.3. The van der Waals surface area contributed by atoms with E-state index in [4.69, 9.17) is 17.7 Å². The summed E-state index contributed by atoms with van der Waals surface area (Å²) in [5.41, 5.74) is -0.499. The van der Waals surface area contributed by atoms with Gasteiger partial charge < -0.3 is 27.9 Å². The Labute approximate surface area is 210 Å². The molecule has 0 radical (unpaired) electrons. The van der Waals surface area contributed by atoms with Crippen molar-refractivity contribution in [2.75, 3.05) is 19.8 Å². The first-order valence-corrected chi connectivity index (χ1v) is 16.4. The molecule has 1 saturated heterocycles. The van der Waals surface area contributed by atoms with Crippen LogP contribution in [0.1, 0.15) is 67.2 Å². The number of aromatic amines is 1. The highest BCUT2D eigenvalue weighted by atomic mass is 28.5. The number of hydrogen-bond donors (Lipinski definition) is 3. The maximum Gasteiger partial charge on any atom is 0.335 e. The number of nitrogens with zero attached hydrogens (tertiary/aromatic N) is 1. The summed E-state index contributed by atoms with van der Waals surface area (Å²) in [4.78, 5) is 26.5. The van der Waals surface area contributed by atoms with Gasteiger partial charge in [0.15, 0.2) is 6.23 Å². The molecule has 0 spiro atoms. The molecule has 1 fully saturated rings. The van der Waals surface area contributed by atoms with E-state index >= 15 is 0 Å². The monoisotopic (exact) mass is 532 g/mol. The first kappa shape index (κ1) is 30.1. The quantitative estimate of drug-likeness (QED) is 0.414. The number of aromatic nitrogens is 2. The second-order valence-corrected chi connectivity index (χ2v) is 19.4. The van der Waals surface area contributed by atoms with Gasteiger partial charge in [-0.25, -0.2) is 4.79 Å². The Bertz CT molecular complexity index is 930. The number of aryl methyl sites for hydroxylation is 1. The van der Waals surface area contributed by atoms with Crippen LogP contribution in [-0.2, 0) is 17.7 Å². The van der Waals surface area contributed by atoms with Gasteiger partial charge >= 0.3 is 22.8 Å². The first-order chi connectivity index (χ1) is 16.2. The molecule has 3 atom stereocenters. The molecule has 0 aliphatic carbocycles. The summed E-state index contributed by atoms with van der Waals surface area (Å²) < 4.78 is 27.8. The zero-order chi connectivity index (χ0) is 26.7. The van der Waals surface area contributed by atoms with Crippen molar-refractivity contribution in [2.24, 2.45) is 0 Å². The number of aliphatic hydroxyl groups is 2. The molecule has 0 bridgehead atoms. The molecule has 0 unspecified atom stereocenters. The van der Waals surface area contributed by atoms with Crippen molar-refractivity contribution < 1.29 is 27.9 Å². The zero-order valence-electron chi connectivity index (χ0n) is 22.5. The average Bonchev–Trinajstić information content (AvgIpc) is 2.76. The van der Waals surface area contributed by atoms with E-state index in [0.29, 0.717) is 5.56 Å². The zero-order valence-corrected chi connectivity index (χ0v) is 24.5. The van der Waals surface area contributed by atoms with Gasteiger partial charge in [0.25, 0.3) is 5.56 Å². The molecule has 35 heavy (non-hydrogen) atoms. The number of ether oxygens (including phenoxy) is 1. The number of rotatable bonds is 9. The third-order valence-electron chi connectivity index (χ3n) is 6.89. The maximum absolute atomic E-state index is 12.5. The van der Waals surface area contributed by atoms with Crippen LogP contribution < -0.4 is 11.2 Å². The van der Waals surface area contributed by atoms with Gasteiger partial charge in [-0.15, -0.1) is 0 Å². The van der Waals surface area contributed by atoms with Crippen molar-refractivity contribution in [2.45, 2.75) is 103 Å². The van der Waals surface area contributed by atoms with E-state index in [2.05, 4.69) is 60.4 Å². The van der Waals surface area contributed by atoms with Crippen LogP contribution in [0.4, 0.5) is 0 Å². The van der Waals surface area contributed by atoms with E-state index in [1.54, 1.807) is 6.92 Å². The largest absolute Gasteiger partial charge is 0.414 e. The smallest absolute Gasteiger partial charge is 0.335 e. The van der Waals surface area contributed by atoms with Gasteiger partial charge in [0.2, 0.25) is 0 Å². The van der Waals surface area contributed by atoms with Crippen LogP contribution >= 0.6 is 0 Å². The predicted molar refractivity (Wildman–Crippen MR) is 138 cm³/mol. The van der Waals surface area contributed by atoms with E-state index < -0.39 is 53.4 Å². The van der Waals surface area contributed by atoms with Crippen LogP contribution in [0.25, 0.3) is 0 Å². The minimum Gasteiger partial charge on any atom is -0.414 e.